The number of pyridine rings is 1. The van der Waals surface area contributed by atoms with Gasteiger partial charge in [0.15, 0.2) is 0 Å². The molecule has 0 radical (unpaired) electrons. The zero-order valence-electron chi connectivity index (χ0n) is 31.8. The third-order valence-corrected chi connectivity index (χ3v) is 13.5. The zero-order valence-corrected chi connectivity index (χ0v) is 32.6. The van der Waals surface area contributed by atoms with Crippen molar-refractivity contribution in [1.29, 1.82) is 0 Å². The van der Waals surface area contributed by atoms with Gasteiger partial charge in [-0.3, -0.25) is 33.7 Å². The lowest BCUT2D eigenvalue weighted by Gasteiger charge is -2.44. The molecule has 3 amide bonds. The van der Waals surface area contributed by atoms with E-state index in [-0.39, 0.29) is 23.9 Å². The van der Waals surface area contributed by atoms with Crippen molar-refractivity contribution in [2.24, 2.45) is 13.0 Å². The largest absolute Gasteiger partial charge is 0.381 e. The molecule has 288 valence electrons. The van der Waals surface area contributed by atoms with E-state index >= 15 is 0 Å². The molecule has 2 aromatic carbocycles. The van der Waals surface area contributed by atoms with Crippen molar-refractivity contribution in [3.05, 3.63) is 57.8 Å². The standard InChI is InChI=1S/C39H43N9O4S.C2H6/c1-44-30-18-23(4-7-28(30)48(39(44)52)29-8-11-33(49)43-37(29)50)46-16-12-22(13-17-46)19-45-20-24-2-3-25(21-45)47(24)32-10-5-26-27(42-32)6-9-31-34(26)35-36(53-31)38(51)41-15-14-40-35;1-2/h4-7,9-10,18,22,24-25,29,40H,2-3,8,11-17,19-21H2,1H3,(H,41,51)(H,43,49,50);1-2H3. The molecule has 4 saturated heterocycles. The lowest BCUT2D eigenvalue weighted by Crippen LogP contribution is -2.55. The predicted octanol–water partition coefficient (Wildman–Crippen LogP) is 4.83. The molecule has 0 spiro atoms. The highest BCUT2D eigenvalue weighted by Gasteiger charge is 2.41. The number of carbonyl (C=O) groups excluding carboxylic acids is 3. The van der Waals surface area contributed by atoms with E-state index in [1.165, 1.54) is 12.8 Å². The molecular formula is C41H49N9O4S. The predicted molar refractivity (Wildman–Crippen MR) is 219 cm³/mol. The van der Waals surface area contributed by atoms with E-state index < -0.39 is 11.9 Å². The Labute approximate surface area is 323 Å². The summed E-state index contributed by atoms with van der Waals surface area (Å²) in [5, 5.41) is 11.1. The lowest BCUT2D eigenvalue weighted by atomic mass is 9.95. The van der Waals surface area contributed by atoms with Gasteiger partial charge in [0, 0.05) is 92.5 Å². The van der Waals surface area contributed by atoms with Gasteiger partial charge in [-0.1, -0.05) is 13.8 Å². The quantitative estimate of drug-likeness (QED) is 0.215. The molecule has 3 atom stereocenters. The summed E-state index contributed by atoms with van der Waals surface area (Å²) in [5.41, 5.74) is 4.29. The molecule has 4 fully saturated rings. The Kier molecular flexibility index (Phi) is 9.28. The van der Waals surface area contributed by atoms with Crippen LogP contribution >= 0.6 is 11.3 Å². The second-order valence-corrected chi connectivity index (χ2v) is 16.5. The van der Waals surface area contributed by atoms with Crippen molar-refractivity contribution in [3.63, 3.8) is 0 Å². The number of piperidine rings is 2. The van der Waals surface area contributed by atoms with Crippen LogP contribution in [0.3, 0.4) is 0 Å². The van der Waals surface area contributed by atoms with Gasteiger partial charge in [-0.2, -0.15) is 0 Å². The molecule has 10 rings (SSSR count). The highest BCUT2D eigenvalue weighted by molar-refractivity contribution is 7.21. The number of carbonyl (C=O) groups is 3. The normalized spacial score (nSPS) is 23.3. The van der Waals surface area contributed by atoms with Crippen molar-refractivity contribution in [1.82, 2.24) is 29.7 Å². The van der Waals surface area contributed by atoms with E-state index in [2.05, 4.69) is 67.0 Å². The summed E-state index contributed by atoms with van der Waals surface area (Å²) in [4.78, 5) is 64.0. The molecule has 5 aliphatic heterocycles. The van der Waals surface area contributed by atoms with Crippen LogP contribution in [0, 0.1) is 5.92 Å². The first-order valence-corrected chi connectivity index (χ1v) is 20.8. The molecule has 3 unspecified atom stereocenters. The topological polar surface area (TPSA) is 137 Å². The number of hydrogen-bond acceptors (Lipinski definition) is 10. The van der Waals surface area contributed by atoms with Crippen LogP contribution in [0.1, 0.15) is 68.1 Å². The zero-order chi connectivity index (χ0) is 38.0. The molecule has 2 bridgehead atoms. The monoisotopic (exact) mass is 763 g/mol. The first kappa shape index (κ1) is 35.7. The molecule has 0 saturated carbocycles. The minimum absolute atomic E-state index is 0.00336. The van der Waals surface area contributed by atoms with Crippen LogP contribution in [0.4, 0.5) is 17.2 Å². The van der Waals surface area contributed by atoms with Crippen LogP contribution in [0.25, 0.3) is 32.0 Å². The molecule has 5 aliphatic rings. The van der Waals surface area contributed by atoms with E-state index in [0.717, 1.165) is 99.7 Å². The molecule has 55 heavy (non-hydrogen) atoms. The molecule has 13 nitrogen and oxygen atoms in total. The number of likely N-dealkylation sites (tertiary alicyclic amines) is 1. The summed E-state index contributed by atoms with van der Waals surface area (Å²) >= 11 is 1.55. The molecule has 0 aliphatic carbocycles. The fraction of sp³-hybridized carbons (Fsp3) is 0.488. The molecule has 3 N–H and O–H groups in total. The van der Waals surface area contributed by atoms with Gasteiger partial charge in [-0.25, -0.2) is 9.78 Å². The number of fused-ring (bicyclic) bond motifs is 8. The Morgan fingerprint density at radius 2 is 1.62 bits per heavy atom. The highest BCUT2D eigenvalue weighted by atomic mass is 32.1. The van der Waals surface area contributed by atoms with Crippen LogP contribution in [0.15, 0.2) is 47.3 Å². The first-order valence-electron chi connectivity index (χ1n) is 20.0. The number of benzene rings is 2. The number of thiophene rings is 1. The van der Waals surface area contributed by atoms with E-state index in [4.69, 9.17) is 4.98 Å². The number of piperazine rings is 1. The Bertz CT molecular complexity index is 2380. The van der Waals surface area contributed by atoms with Crippen LogP contribution in [-0.2, 0) is 16.6 Å². The molecule has 5 aromatic rings. The molecule has 8 heterocycles. The van der Waals surface area contributed by atoms with Gasteiger partial charge in [-0.15, -0.1) is 11.3 Å². The first-order chi connectivity index (χ1) is 26.8. The van der Waals surface area contributed by atoms with Crippen molar-refractivity contribution in [3.8, 4) is 0 Å². The number of nitrogens with one attached hydrogen (secondary N) is 3. The number of aromatic nitrogens is 3. The maximum atomic E-state index is 13.3. The van der Waals surface area contributed by atoms with Crippen molar-refractivity contribution >= 4 is 78.3 Å². The van der Waals surface area contributed by atoms with Crippen LogP contribution in [0.5, 0.6) is 0 Å². The van der Waals surface area contributed by atoms with Crippen molar-refractivity contribution in [2.45, 2.75) is 70.5 Å². The Morgan fingerprint density at radius 3 is 2.38 bits per heavy atom. The number of nitrogens with zero attached hydrogens (tertiary/aromatic N) is 6. The van der Waals surface area contributed by atoms with Crippen LogP contribution in [0.2, 0.25) is 0 Å². The smallest absolute Gasteiger partial charge is 0.329 e. The van der Waals surface area contributed by atoms with Crippen LogP contribution < -0.4 is 31.4 Å². The van der Waals surface area contributed by atoms with E-state index in [0.29, 0.717) is 37.5 Å². The summed E-state index contributed by atoms with van der Waals surface area (Å²) in [6, 6.07) is 14.9. The Morgan fingerprint density at radius 1 is 0.855 bits per heavy atom. The van der Waals surface area contributed by atoms with Gasteiger partial charge >= 0.3 is 5.69 Å². The molecular weight excluding hydrogens is 715 g/mol. The minimum Gasteiger partial charge on any atom is -0.381 e. The maximum absolute atomic E-state index is 13.3. The molecule has 14 heteroatoms. The average molecular weight is 764 g/mol. The van der Waals surface area contributed by atoms with E-state index in [9.17, 15) is 19.2 Å². The second-order valence-electron chi connectivity index (χ2n) is 15.5. The fourth-order valence-electron chi connectivity index (χ4n) is 9.74. The number of amides is 3. The van der Waals surface area contributed by atoms with Gasteiger partial charge < -0.3 is 20.4 Å². The van der Waals surface area contributed by atoms with Gasteiger partial charge in [0.2, 0.25) is 11.8 Å². The number of hydrogen-bond donors (Lipinski definition) is 3. The SMILES string of the molecule is CC.Cn1c(=O)n(C2CCC(=O)NC2=O)c2ccc(N3CCC(CN4CC5CCC(C4)N5c4ccc5c(ccc6sc7c(c65)NCCNC7=O)n4)CC3)cc21. The molecule has 3 aromatic heterocycles. The van der Waals surface area contributed by atoms with Crippen molar-refractivity contribution < 1.29 is 14.4 Å². The van der Waals surface area contributed by atoms with Crippen molar-refractivity contribution in [2.75, 3.05) is 60.9 Å². The number of imidazole rings is 1. The highest BCUT2D eigenvalue weighted by Crippen LogP contribution is 2.42. The Hall–Kier alpha value is -4.95. The number of imide groups is 1. The van der Waals surface area contributed by atoms with E-state index in [1.807, 2.05) is 19.9 Å². The number of aryl methyl sites for hydroxylation is 1. The summed E-state index contributed by atoms with van der Waals surface area (Å²) in [5.74, 6) is 0.995. The second kappa shape index (κ2) is 14.3. The average Bonchev–Trinajstić information content (AvgIpc) is 3.74. The number of anilines is 3. The summed E-state index contributed by atoms with van der Waals surface area (Å²) in [6.07, 6.45) is 5.17. The third kappa shape index (κ3) is 6.13. The number of rotatable bonds is 5. The summed E-state index contributed by atoms with van der Waals surface area (Å²) in [7, 11) is 1.75. The van der Waals surface area contributed by atoms with Gasteiger partial charge in [0.1, 0.15) is 16.7 Å². The van der Waals surface area contributed by atoms with Gasteiger partial charge in [0.25, 0.3) is 5.91 Å². The van der Waals surface area contributed by atoms with Gasteiger partial charge in [-0.05, 0) is 80.5 Å². The van der Waals surface area contributed by atoms with Gasteiger partial charge in [0.05, 0.1) is 22.2 Å². The summed E-state index contributed by atoms with van der Waals surface area (Å²) < 4.78 is 4.27. The summed E-state index contributed by atoms with van der Waals surface area (Å²) in [6.45, 7) is 10.5. The third-order valence-electron chi connectivity index (χ3n) is 12.3. The lowest BCUT2D eigenvalue weighted by molar-refractivity contribution is -0.135. The fourth-order valence-corrected chi connectivity index (χ4v) is 10.8. The Balaban J connectivity index is 0.00000195. The minimum atomic E-state index is -0.677. The van der Waals surface area contributed by atoms with E-state index in [1.54, 1.807) is 27.5 Å². The maximum Gasteiger partial charge on any atom is 0.329 e. The van der Waals surface area contributed by atoms with Crippen LogP contribution in [-0.4, -0.2) is 94.6 Å².